The van der Waals surface area contributed by atoms with Gasteiger partial charge in [-0.3, -0.25) is 9.36 Å². The molecule has 5 heteroatoms. The standard InChI is InChI=1S/C14H13N3OS/c1-9-3-4-12-13(10(9)2)15-7-17(14(12)18)5-11-6-19-8-16-11/h3-4,6-8H,5H2,1-2H3. The van der Waals surface area contributed by atoms with Crippen molar-refractivity contribution < 1.29 is 0 Å². The second kappa shape index (κ2) is 4.59. The van der Waals surface area contributed by atoms with Crippen molar-refractivity contribution in [2.24, 2.45) is 0 Å². The summed E-state index contributed by atoms with van der Waals surface area (Å²) >= 11 is 1.53. The largest absolute Gasteiger partial charge is 0.293 e. The Morgan fingerprint density at radius 1 is 1.26 bits per heavy atom. The average molecular weight is 271 g/mol. The van der Waals surface area contributed by atoms with Crippen LogP contribution >= 0.6 is 11.3 Å². The van der Waals surface area contributed by atoms with Crippen LogP contribution in [0.3, 0.4) is 0 Å². The van der Waals surface area contributed by atoms with Gasteiger partial charge in [-0.1, -0.05) is 6.07 Å². The SMILES string of the molecule is Cc1ccc2c(=O)n(Cc3cscn3)cnc2c1C. The molecule has 96 valence electrons. The lowest BCUT2D eigenvalue weighted by Gasteiger charge is -2.08. The Morgan fingerprint density at radius 3 is 2.84 bits per heavy atom. The maximum atomic E-state index is 12.4. The Kier molecular flexibility index (Phi) is 2.91. The molecule has 0 saturated heterocycles. The van der Waals surface area contributed by atoms with Gasteiger partial charge in [0, 0.05) is 5.38 Å². The van der Waals surface area contributed by atoms with Crippen LogP contribution in [0.2, 0.25) is 0 Å². The molecule has 0 aliphatic heterocycles. The van der Waals surface area contributed by atoms with E-state index in [1.807, 2.05) is 31.4 Å². The number of hydrogen-bond donors (Lipinski definition) is 0. The van der Waals surface area contributed by atoms with Crippen LogP contribution in [-0.4, -0.2) is 14.5 Å². The molecule has 2 heterocycles. The summed E-state index contributed by atoms with van der Waals surface area (Å²) < 4.78 is 1.60. The molecule has 0 aliphatic carbocycles. The van der Waals surface area contributed by atoms with Crippen LogP contribution in [-0.2, 0) is 6.54 Å². The van der Waals surface area contributed by atoms with Gasteiger partial charge in [0.1, 0.15) is 0 Å². The number of rotatable bonds is 2. The van der Waals surface area contributed by atoms with E-state index in [-0.39, 0.29) is 5.56 Å². The highest BCUT2D eigenvalue weighted by Crippen LogP contribution is 2.16. The molecule has 4 nitrogen and oxygen atoms in total. The molecule has 0 amide bonds. The molecule has 0 spiro atoms. The minimum absolute atomic E-state index is 0.0129. The van der Waals surface area contributed by atoms with E-state index in [1.54, 1.807) is 16.4 Å². The molecule has 2 aromatic heterocycles. The van der Waals surface area contributed by atoms with E-state index in [9.17, 15) is 4.79 Å². The van der Waals surface area contributed by atoms with E-state index in [1.165, 1.54) is 11.3 Å². The number of aryl methyl sites for hydroxylation is 2. The summed E-state index contributed by atoms with van der Waals surface area (Å²) in [5, 5.41) is 2.61. The van der Waals surface area contributed by atoms with Gasteiger partial charge >= 0.3 is 0 Å². The number of hydrogen-bond acceptors (Lipinski definition) is 4. The summed E-state index contributed by atoms with van der Waals surface area (Å²) in [4.78, 5) is 21.0. The van der Waals surface area contributed by atoms with Crippen LogP contribution < -0.4 is 5.56 Å². The van der Waals surface area contributed by atoms with Gasteiger partial charge in [-0.2, -0.15) is 0 Å². The van der Waals surface area contributed by atoms with Gasteiger partial charge in [-0.15, -0.1) is 11.3 Å². The molecule has 0 aliphatic rings. The molecule has 1 aromatic carbocycles. The monoisotopic (exact) mass is 271 g/mol. The first-order valence-corrected chi connectivity index (χ1v) is 6.93. The Bertz CT molecular complexity index is 790. The van der Waals surface area contributed by atoms with Gasteiger partial charge < -0.3 is 0 Å². The summed E-state index contributed by atoms with van der Waals surface area (Å²) in [5.74, 6) is 0. The first-order valence-electron chi connectivity index (χ1n) is 5.99. The molecule has 0 bridgehead atoms. The zero-order chi connectivity index (χ0) is 13.4. The van der Waals surface area contributed by atoms with Crippen LogP contribution in [0, 0.1) is 13.8 Å². The third-order valence-corrected chi connectivity index (χ3v) is 3.97. The Labute approximate surface area is 114 Å². The molecule has 0 N–H and O–H groups in total. The zero-order valence-corrected chi connectivity index (χ0v) is 11.6. The maximum absolute atomic E-state index is 12.4. The Hall–Kier alpha value is -2.01. The molecule has 0 fully saturated rings. The topological polar surface area (TPSA) is 47.8 Å². The first-order chi connectivity index (χ1) is 9.16. The van der Waals surface area contributed by atoms with Crippen molar-refractivity contribution >= 4 is 22.2 Å². The van der Waals surface area contributed by atoms with Crippen molar-refractivity contribution in [2.75, 3.05) is 0 Å². The van der Waals surface area contributed by atoms with E-state index >= 15 is 0 Å². The molecule has 3 aromatic rings. The summed E-state index contributed by atoms with van der Waals surface area (Å²) in [6.45, 7) is 4.49. The van der Waals surface area contributed by atoms with Gasteiger partial charge in [-0.25, -0.2) is 9.97 Å². The minimum Gasteiger partial charge on any atom is -0.293 e. The molecule has 0 unspecified atom stereocenters. The number of aromatic nitrogens is 3. The minimum atomic E-state index is -0.0129. The quantitative estimate of drug-likeness (QED) is 0.719. The molecular weight excluding hydrogens is 258 g/mol. The van der Waals surface area contributed by atoms with E-state index in [0.717, 1.165) is 22.3 Å². The van der Waals surface area contributed by atoms with Gasteiger partial charge in [0.2, 0.25) is 0 Å². The van der Waals surface area contributed by atoms with E-state index in [2.05, 4.69) is 9.97 Å². The average Bonchev–Trinajstić information content (AvgIpc) is 2.90. The second-order valence-corrected chi connectivity index (χ2v) is 5.28. The summed E-state index contributed by atoms with van der Waals surface area (Å²) in [6, 6.07) is 3.82. The summed E-state index contributed by atoms with van der Waals surface area (Å²) in [6.07, 6.45) is 1.61. The highest BCUT2D eigenvalue weighted by Gasteiger charge is 2.08. The highest BCUT2D eigenvalue weighted by atomic mass is 32.1. The predicted molar refractivity (Wildman–Crippen MR) is 76.7 cm³/mol. The fourth-order valence-corrected chi connectivity index (χ4v) is 2.63. The van der Waals surface area contributed by atoms with Crippen molar-refractivity contribution in [3.05, 3.63) is 56.5 Å². The number of nitrogens with zero attached hydrogens (tertiary/aromatic N) is 3. The van der Waals surface area contributed by atoms with Crippen molar-refractivity contribution in [3.8, 4) is 0 Å². The van der Waals surface area contributed by atoms with Crippen LogP contribution in [0.1, 0.15) is 16.8 Å². The summed E-state index contributed by atoms with van der Waals surface area (Å²) in [7, 11) is 0. The number of fused-ring (bicyclic) bond motifs is 1. The van der Waals surface area contributed by atoms with Gasteiger partial charge in [-0.05, 0) is 31.0 Å². The molecule has 0 saturated carbocycles. The van der Waals surface area contributed by atoms with Crippen molar-refractivity contribution in [1.29, 1.82) is 0 Å². The van der Waals surface area contributed by atoms with E-state index in [4.69, 9.17) is 0 Å². The second-order valence-electron chi connectivity index (χ2n) is 4.56. The zero-order valence-electron chi connectivity index (χ0n) is 10.8. The van der Waals surface area contributed by atoms with Crippen molar-refractivity contribution in [1.82, 2.24) is 14.5 Å². The predicted octanol–water partition coefficient (Wildman–Crippen LogP) is 2.52. The van der Waals surface area contributed by atoms with Gasteiger partial charge in [0.25, 0.3) is 5.56 Å². The third-order valence-electron chi connectivity index (χ3n) is 3.34. The van der Waals surface area contributed by atoms with Crippen molar-refractivity contribution in [3.63, 3.8) is 0 Å². The molecule has 0 atom stereocenters. The fraction of sp³-hybridized carbons (Fsp3) is 0.214. The van der Waals surface area contributed by atoms with Gasteiger partial charge in [0.05, 0.1) is 35.0 Å². The fourth-order valence-electron chi connectivity index (χ4n) is 2.08. The van der Waals surface area contributed by atoms with Gasteiger partial charge in [0.15, 0.2) is 0 Å². The van der Waals surface area contributed by atoms with Crippen LogP contribution in [0.4, 0.5) is 0 Å². The highest BCUT2D eigenvalue weighted by molar-refractivity contribution is 7.07. The van der Waals surface area contributed by atoms with Crippen LogP contribution in [0.25, 0.3) is 10.9 Å². The third kappa shape index (κ3) is 2.06. The lowest BCUT2D eigenvalue weighted by atomic mass is 10.1. The van der Waals surface area contributed by atoms with Crippen molar-refractivity contribution in [2.45, 2.75) is 20.4 Å². The van der Waals surface area contributed by atoms with E-state index < -0.39 is 0 Å². The lowest BCUT2D eigenvalue weighted by molar-refractivity contribution is 0.733. The normalized spacial score (nSPS) is 11.1. The Morgan fingerprint density at radius 2 is 2.11 bits per heavy atom. The summed E-state index contributed by atoms with van der Waals surface area (Å²) in [5.41, 5.74) is 5.65. The van der Waals surface area contributed by atoms with Crippen LogP contribution in [0.15, 0.2) is 34.1 Å². The van der Waals surface area contributed by atoms with Crippen LogP contribution in [0.5, 0.6) is 0 Å². The van der Waals surface area contributed by atoms with E-state index in [0.29, 0.717) is 11.9 Å². The Balaban J connectivity index is 2.17. The molecule has 3 rings (SSSR count). The molecular formula is C14H13N3OS. The number of thiazole rings is 1. The maximum Gasteiger partial charge on any atom is 0.261 e. The first kappa shape index (κ1) is 12.0. The molecule has 19 heavy (non-hydrogen) atoms. The smallest absolute Gasteiger partial charge is 0.261 e. The molecule has 0 radical (unpaired) electrons. The number of benzene rings is 1. The lowest BCUT2D eigenvalue weighted by Crippen LogP contribution is -2.21.